The Morgan fingerprint density at radius 1 is 1.15 bits per heavy atom. The van der Waals surface area contributed by atoms with Gasteiger partial charge in [-0.2, -0.15) is 0 Å². The van der Waals surface area contributed by atoms with Gasteiger partial charge in [-0.1, -0.05) is 23.7 Å². The molecule has 4 nitrogen and oxygen atoms in total. The van der Waals surface area contributed by atoms with Gasteiger partial charge in [-0.05, 0) is 23.8 Å². The van der Waals surface area contributed by atoms with Crippen molar-refractivity contribution in [1.82, 2.24) is 9.97 Å². The Hall–Kier alpha value is -2.33. The van der Waals surface area contributed by atoms with Crippen LogP contribution in [0.3, 0.4) is 0 Å². The molecule has 3 aromatic rings. The minimum absolute atomic E-state index is 0.629. The van der Waals surface area contributed by atoms with Crippen molar-refractivity contribution in [1.29, 1.82) is 0 Å². The molecule has 0 saturated carbocycles. The number of anilines is 1. The highest BCUT2D eigenvalue weighted by Gasteiger charge is 2.08. The summed E-state index contributed by atoms with van der Waals surface area (Å²) in [6.07, 6.45) is 6.58. The third-order valence-corrected chi connectivity index (χ3v) is 3.08. The number of nitrogens with one attached hydrogen (secondary N) is 1. The maximum Gasteiger partial charge on any atom is 0.152 e. The number of furan rings is 1. The molecule has 3 rings (SSSR count). The summed E-state index contributed by atoms with van der Waals surface area (Å²) in [5, 5.41) is 3.99. The number of halogens is 1. The lowest BCUT2D eigenvalue weighted by Gasteiger charge is -2.09. The van der Waals surface area contributed by atoms with Crippen LogP contribution in [0.2, 0.25) is 5.02 Å². The van der Waals surface area contributed by atoms with E-state index in [1.807, 2.05) is 30.3 Å². The Kier molecular flexibility index (Phi) is 3.65. The largest absolute Gasteiger partial charge is 0.472 e. The summed E-state index contributed by atoms with van der Waals surface area (Å²) in [4.78, 5) is 8.66. The normalized spacial score (nSPS) is 10.4. The third kappa shape index (κ3) is 2.81. The van der Waals surface area contributed by atoms with Gasteiger partial charge in [-0.25, -0.2) is 4.98 Å². The van der Waals surface area contributed by atoms with Crippen molar-refractivity contribution in [2.75, 3.05) is 5.32 Å². The van der Waals surface area contributed by atoms with Gasteiger partial charge >= 0.3 is 0 Å². The Morgan fingerprint density at radius 3 is 2.85 bits per heavy atom. The van der Waals surface area contributed by atoms with Crippen molar-refractivity contribution in [3.63, 3.8) is 0 Å². The SMILES string of the molecule is Clc1cccc(CNc2nccnc2-c2ccoc2)c1. The van der Waals surface area contributed by atoms with E-state index in [1.165, 1.54) is 0 Å². The zero-order valence-corrected chi connectivity index (χ0v) is 11.3. The molecular formula is C15H12ClN3O. The maximum atomic E-state index is 5.97. The van der Waals surface area contributed by atoms with Crippen LogP contribution in [0.5, 0.6) is 0 Å². The highest BCUT2D eigenvalue weighted by atomic mass is 35.5. The first-order valence-electron chi connectivity index (χ1n) is 6.15. The van der Waals surface area contributed by atoms with Crippen molar-refractivity contribution in [3.8, 4) is 11.3 Å². The van der Waals surface area contributed by atoms with Gasteiger partial charge in [0.15, 0.2) is 5.82 Å². The van der Waals surface area contributed by atoms with E-state index in [2.05, 4.69) is 15.3 Å². The number of hydrogen-bond acceptors (Lipinski definition) is 4. The third-order valence-electron chi connectivity index (χ3n) is 2.84. The number of benzene rings is 1. The molecule has 2 heterocycles. The van der Waals surface area contributed by atoms with Gasteiger partial charge in [0.25, 0.3) is 0 Å². The molecule has 1 N–H and O–H groups in total. The lowest BCUT2D eigenvalue weighted by Crippen LogP contribution is -2.03. The minimum Gasteiger partial charge on any atom is -0.472 e. The molecule has 0 aliphatic carbocycles. The molecule has 2 aromatic heterocycles. The smallest absolute Gasteiger partial charge is 0.152 e. The van der Waals surface area contributed by atoms with Crippen molar-refractivity contribution in [2.24, 2.45) is 0 Å². The van der Waals surface area contributed by atoms with Crippen LogP contribution in [0, 0.1) is 0 Å². The number of nitrogens with zero attached hydrogens (tertiary/aromatic N) is 2. The standard InChI is InChI=1S/C15H12ClN3O/c16-13-3-1-2-11(8-13)9-19-15-14(17-5-6-18-15)12-4-7-20-10-12/h1-8,10H,9H2,(H,18,19). The summed E-state index contributed by atoms with van der Waals surface area (Å²) < 4.78 is 5.09. The summed E-state index contributed by atoms with van der Waals surface area (Å²) in [7, 11) is 0. The number of aromatic nitrogens is 2. The summed E-state index contributed by atoms with van der Waals surface area (Å²) in [6.45, 7) is 0.629. The van der Waals surface area contributed by atoms with Crippen LogP contribution < -0.4 is 5.32 Å². The molecule has 0 spiro atoms. The zero-order valence-electron chi connectivity index (χ0n) is 10.6. The topological polar surface area (TPSA) is 51.0 Å². The predicted octanol–water partition coefficient (Wildman–Crippen LogP) is 4.00. The molecule has 0 saturated heterocycles. The fourth-order valence-corrected chi connectivity index (χ4v) is 2.12. The average molecular weight is 286 g/mol. The van der Waals surface area contributed by atoms with Crippen LogP contribution in [0.1, 0.15) is 5.56 Å². The highest BCUT2D eigenvalue weighted by molar-refractivity contribution is 6.30. The molecule has 0 aliphatic heterocycles. The summed E-state index contributed by atoms with van der Waals surface area (Å²) in [5.41, 5.74) is 2.75. The zero-order chi connectivity index (χ0) is 13.8. The van der Waals surface area contributed by atoms with E-state index >= 15 is 0 Å². The monoisotopic (exact) mass is 285 g/mol. The van der Waals surface area contributed by atoms with Crippen LogP contribution in [-0.2, 0) is 6.54 Å². The second kappa shape index (κ2) is 5.75. The van der Waals surface area contributed by atoms with Crippen molar-refractivity contribution >= 4 is 17.4 Å². The van der Waals surface area contributed by atoms with Gasteiger partial charge < -0.3 is 9.73 Å². The van der Waals surface area contributed by atoms with E-state index in [4.69, 9.17) is 16.0 Å². The van der Waals surface area contributed by atoms with Crippen LogP contribution >= 0.6 is 11.6 Å². The predicted molar refractivity (Wildman–Crippen MR) is 78.5 cm³/mol. The Labute approximate surface area is 121 Å². The molecule has 0 atom stereocenters. The molecule has 0 aliphatic rings. The summed E-state index contributed by atoms with van der Waals surface area (Å²) >= 11 is 5.97. The van der Waals surface area contributed by atoms with Crippen LogP contribution in [0.15, 0.2) is 59.7 Å². The molecule has 100 valence electrons. The first-order valence-corrected chi connectivity index (χ1v) is 6.52. The Morgan fingerprint density at radius 2 is 2.05 bits per heavy atom. The van der Waals surface area contributed by atoms with Gasteiger partial charge in [0.1, 0.15) is 5.69 Å². The van der Waals surface area contributed by atoms with E-state index in [0.717, 1.165) is 21.8 Å². The Bertz CT molecular complexity index is 698. The van der Waals surface area contributed by atoms with E-state index < -0.39 is 0 Å². The molecule has 0 fully saturated rings. The molecule has 0 unspecified atom stereocenters. The molecular weight excluding hydrogens is 274 g/mol. The molecule has 1 aromatic carbocycles. The van der Waals surface area contributed by atoms with Gasteiger partial charge in [0.05, 0.1) is 12.5 Å². The van der Waals surface area contributed by atoms with E-state index in [-0.39, 0.29) is 0 Å². The average Bonchev–Trinajstić information content (AvgIpc) is 3.00. The second-order valence-corrected chi connectivity index (χ2v) is 4.69. The van der Waals surface area contributed by atoms with Crippen LogP contribution in [0.25, 0.3) is 11.3 Å². The summed E-state index contributed by atoms with van der Waals surface area (Å²) in [6, 6.07) is 9.56. The lowest BCUT2D eigenvalue weighted by molar-refractivity contribution is 0.568. The van der Waals surface area contributed by atoms with Crippen molar-refractivity contribution in [3.05, 3.63) is 65.8 Å². The van der Waals surface area contributed by atoms with Gasteiger partial charge in [0, 0.05) is 29.5 Å². The van der Waals surface area contributed by atoms with E-state index in [1.54, 1.807) is 24.9 Å². The quantitative estimate of drug-likeness (QED) is 0.787. The van der Waals surface area contributed by atoms with Crippen molar-refractivity contribution in [2.45, 2.75) is 6.54 Å². The van der Waals surface area contributed by atoms with Crippen LogP contribution in [0.4, 0.5) is 5.82 Å². The van der Waals surface area contributed by atoms with Crippen molar-refractivity contribution < 1.29 is 4.42 Å². The van der Waals surface area contributed by atoms with Gasteiger partial charge in [-0.3, -0.25) is 4.98 Å². The number of hydrogen-bond donors (Lipinski definition) is 1. The minimum atomic E-state index is 0.629. The number of rotatable bonds is 4. The van der Waals surface area contributed by atoms with E-state index in [0.29, 0.717) is 12.4 Å². The molecule has 5 heteroatoms. The fraction of sp³-hybridized carbons (Fsp3) is 0.0667. The van der Waals surface area contributed by atoms with Crippen LogP contribution in [-0.4, -0.2) is 9.97 Å². The molecule has 20 heavy (non-hydrogen) atoms. The first kappa shape index (κ1) is 12.7. The van der Waals surface area contributed by atoms with E-state index in [9.17, 15) is 0 Å². The first-order chi connectivity index (χ1) is 9.83. The maximum absolute atomic E-state index is 5.97. The highest BCUT2D eigenvalue weighted by Crippen LogP contribution is 2.24. The van der Waals surface area contributed by atoms with Gasteiger partial charge in [-0.15, -0.1) is 0 Å². The lowest BCUT2D eigenvalue weighted by atomic mass is 10.2. The molecule has 0 amide bonds. The Balaban J connectivity index is 1.81. The molecule has 0 radical (unpaired) electrons. The second-order valence-electron chi connectivity index (χ2n) is 4.25. The summed E-state index contributed by atoms with van der Waals surface area (Å²) in [5.74, 6) is 0.717. The fourth-order valence-electron chi connectivity index (χ4n) is 1.91. The molecule has 0 bridgehead atoms. The van der Waals surface area contributed by atoms with Gasteiger partial charge in [0.2, 0.25) is 0 Å².